The third kappa shape index (κ3) is 2.10. The maximum Gasteiger partial charge on any atom is 0.265 e. The van der Waals surface area contributed by atoms with Gasteiger partial charge < -0.3 is 0 Å². The highest BCUT2D eigenvalue weighted by atomic mass is 32.1. The second-order valence-corrected chi connectivity index (χ2v) is 1.67. The molecule has 0 saturated heterocycles. The zero-order valence-corrected chi connectivity index (χ0v) is 6.45. The summed E-state index contributed by atoms with van der Waals surface area (Å²) >= 11 is 4.32. The molecule has 7 heteroatoms. The van der Waals surface area contributed by atoms with Gasteiger partial charge in [-0.2, -0.15) is 19.9 Å². The monoisotopic (exact) mass is 179 g/mol. The van der Waals surface area contributed by atoms with Crippen molar-refractivity contribution in [2.24, 2.45) is 9.98 Å². The smallest absolute Gasteiger partial charge is 0.211 e. The highest BCUT2D eigenvalue weighted by Gasteiger charge is 1.95. The first-order chi connectivity index (χ1) is 5.86. The van der Waals surface area contributed by atoms with Crippen LogP contribution in [-0.4, -0.2) is 26.2 Å². The van der Waals surface area contributed by atoms with E-state index in [-0.39, 0.29) is 11.9 Å². The lowest BCUT2D eigenvalue weighted by molar-refractivity contribution is 0.565. The average Bonchev–Trinajstić information content (AvgIpc) is 2.06. The quantitative estimate of drug-likeness (QED) is 0.376. The van der Waals surface area contributed by atoms with Crippen LogP contribution in [0.5, 0.6) is 0 Å². The molecule has 0 aliphatic carbocycles. The minimum atomic E-state index is -0.0519. The summed E-state index contributed by atoms with van der Waals surface area (Å²) in [4.78, 5) is 27.2. The zero-order valence-electron chi connectivity index (χ0n) is 5.63. The molecule has 1 rings (SSSR count). The predicted octanol–water partition coefficient (Wildman–Crippen LogP) is 0.573. The fraction of sp³-hybridized carbons (Fsp3) is 0. The number of isocyanates is 1. The van der Waals surface area contributed by atoms with Crippen LogP contribution in [0.15, 0.2) is 16.3 Å². The first kappa shape index (κ1) is 8.29. The number of hydrogen-bond donors (Lipinski definition) is 0. The maximum absolute atomic E-state index is 9.78. The predicted molar refractivity (Wildman–Crippen MR) is 42.3 cm³/mol. The second kappa shape index (κ2) is 4.15. The molecule has 0 aliphatic rings. The molecule has 0 amide bonds. The van der Waals surface area contributed by atoms with E-state index in [2.05, 4.69) is 42.3 Å². The standard InChI is InChI=1S/C5HN5OS/c11-2-8-4-6-1-7-5(10-4)9-3-12/h1H. The molecule has 0 aromatic carbocycles. The van der Waals surface area contributed by atoms with E-state index in [4.69, 9.17) is 0 Å². The Kier molecular flexibility index (Phi) is 2.87. The third-order valence-corrected chi connectivity index (χ3v) is 0.929. The molecule has 1 aromatic rings. The molecule has 1 aromatic heterocycles. The SMILES string of the molecule is O=C=Nc1ncnc(N=C=S)n1. The Labute approximate surface area is 72.1 Å². The summed E-state index contributed by atoms with van der Waals surface area (Å²) in [6.45, 7) is 0. The van der Waals surface area contributed by atoms with Crippen LogP contribution >= 0.6 is 12.2 Å². The van der Waals surface area contributed by atoms with Gasteiger partial charge in [-0.25, -0.2) is 4.79 Å². The topological polar surface area (TPSA) is 80.5 Å². The first-order valence-corrected chi connectivity index (χ1v) is 3.12. The normalized spacial score (nSPS) is 8.00. The van der Waals surface area contributed by atoms with Crippen molar-refractivity contribution in [3.05, 3.63) is 6.33 Å². The zero-order chi connectivity index (χ0) is 8.81. The number of hydrogen-bond acceptors (Lipinski definition) is 7. The van der Waals surface area contributed by atoms with Crippen LogP contribution in [-0.2, 0) is 4.79 Å². The lowest BCUT2D eigenvalue weighted by Crippen LogP contribution is -1.83. The van der Waals surface area contributed by atoms with Crippen molar-refractivity contribution in [1.29, 1.82) is 0 Å². The van der Waals surface area contributed by atoms with Gasteiger partial charge in [-0.05, 0) is 12.2 Å². The number of thiocarbonyl (C=S) groups is 1. The molecule has 0 N–H and O–H groups in total. The van der Waals surface area contributed by atoms with E-state index in [1.165, 1.54) is 6.08 Å². The van der Waals surface area contributed by atoms with Gasteiger partial charge in [-0.1, -0.05) is 0 Å². The Balaban J connectivity index is 3.11. The minimum Gasteiger partial charge on any atom is -0.211 e. The van der Waals surface area contributed by atoms with Crippen LogP contribution in [0.25, 0.3) is 0 Å². The molecular formula is C5HN5OS. The molecule has 0 radical (unpaired) electrons. The molecule has 58 valence electrons. The van der Waals surface area contributed by atoms with E-state index in [9.17, 15) is 4.79 Å². The number of aromatic nitrogens is 3. The Bertz CT molecular complexity index is 346. The van der Waals surface area contributed by atoms with Crippen molar-refractivity contribution in [2.45, 2.75) is 0 Å². The lowest BCUT2D eigenvalue weighted by atomic mass is 10.9. The summed E-state index contributed by atoms with van der Waals surface area (Å²) in [6.07, 6.45) is 2.45. The molecule has 0 spiro atoms. The van der Waals surface area contributed by atoms with Crippen molar-refractivity contribution in [2.75, 3.05) is 0 Å². The Morgan fingerprint density at radius 3 is 2.58 bits per heavy atom. The maximum atomic E-state index is 9.78. The molecule has 0 atom stereocenters. The largest absolute Gasteiger partial charge is 0.265 e. The highest BCUT2D eigenvalue weighted by molar-refractivity contribution is 7.78. The summed E-state index contributed by atoms with van der Waals surface area (Å²) < 4.78 is 0. The van der Waals surface area contributed by atoms with Crippen molar-refractivity contribution >= 4 is 35.4 Å². The second-order valence-electron chi connectivity index (χ2n) is 1.49. The molecule has 0 aliphatic heterocycles. The summed E-state index contributed by atoms with van der Waals surface area (Å²) in [6, 6.07) is 0. The fourth-order valence-corrected chi connectivity index (χ4v) is 0.550. The average molecular weight is 179 g/mol. The molecule has 1 heterocycles. The molecule has 0 fully saturated rings. The first-order valence-electron chi connectivity index (χ1n) is 2.71. The van der Waals surface area contributed by atoms with Crippen LogP contribution < -0.4 is 0 Å². The number of carbonyl (C=O) groups excluding carboxylic acids is 1. The van der Waals surface area contributed by atoms with Crippen molar-refractivity contribution < 1.29 is 4.79 Å². The molecule has 12 heavy (non-hydrogen) atoms. The molecule has 0 bridgehead atoms. The van der Waals surface area contributed by atoms with Gasteiger partial charge in [-0.15, -0.1) is 4.99 Å². The van der Waals surface area contributed by atoms with Crippen LogP contribution in [0.4, 0.5) is 11.9 Å². The minimum absolute atomic E-state index is 0.0519. The lowest BCUT2D eigenvalue weighted by Gasteiger charge is -1.87. The third-order valence-electron chi connectivity index (χ3n) is 0.838. The van der Waals surface area contributed by atoms with Gasteiger partial charge in [0.05, 0.1) is 5.16 Å². The Morgan fingerprint density at radius 1 is 1.33 bits per heavy atom. The van der Waals surface area contributed by atoms with E-state index in [1.807, 2.05) is 0 Å². The van der Waals surface area contributed by atoms with E-state index in [0.29, 0.717) is 0 Å². The number of nitrogens with zero attached hydrogens (tertiary/aromatic N) is 5. The van der Waals surface area contributed by atoms with Crippen LogP contribution in [0, 0.1) is 0 Å². The summed E-state index contributed by atoms with van der Waals surface area (Å²) in [7, 11) is 0. The molecule has 6 nitrogen and oxygen atoms in total. The summed E-state index contributed by atoms with van der Waals surface area (Å²) in [5.74, 6) is 0.0120. The Hall–Kier alpha value is -1.81. The number of isothiocyanates is 1. The van der Waals surface area contributed by atoms with E-state index >= 15 is 0 Å². The molecule has 0 saturated carbocycles. The van der Waals surface area contributed by atoms with Crippen LogP contribution in [0.2, 0.25) is 0 Å². The number of aliphatic imine (C=N–C) groups is 2. The molecular weight excluding hydrogens is 178 g/mol. The molecule has 0 unspecified atom stereocenters. The van der Waals surface area contributed by atoms with Gasteiger partial charge in [0.15, 0.2) is 0 Å². The Morgan fingerprint density at radius 2 is 2.00 bits per heavy atom. The highest BCUT2D eigenvalue weighted by Crippen LogP contribution is 2.05. The van der Waals surface area contributed by atoms with Gasteiger partial charge in [0.25, 0.3) is 11.9 Å². The van der Waals surface area contributed by atoms with E-state index in [0.717, 1.165) is 6.33 Å². The summed E-state index contributed by atoms with van der Waals surface area (Å²) in [5.41, 5.74) is 0. The van der Waals surface area contributed by atoms with Crippen LogP contribution in [0.1, 0.15) is 0 Å². The van der Waals surface area contributed by atoms with E-state index in [1.54, 1.807) is 0 Å². The van der Waals surface area contributed by atoms with Crippen molar-refractivity contribution in [1.82, 2.24) is 15.0 Å². The van der Waals surface area contributed by atoms with E-state index < -0.39 is 0 Å². The van der Waals surface area contributed by atoms with Crippen LogP contribution in [0.3, 0.4) is 0 Å². The van der Waals surface area contributed by atoms with Crippen molar-refractivity contribution in [3.8, 4) is 0 Å². The van der Waals surface area contributed by atoms with Gasteiger partial charge in [0.1, 0.15) is 6.33 Å². The van der Waals surface area contributed by atoms with Gasteiger partial charge in [0, 0.05) is 0 Å². The summed E-state index contributed by atoms with van der Waals surface area (Å²) in [5, 5.41) is 2.07. The number of rotatable bonds is 2. The fourth-order valence-electron chi connectivity index (χ4n) is 0.469. The van der Waals surface area contributed by atoms with Gasteiger partial charge in [-0.3, -0.25) is 0 Å². The van der Waals surface area contributed by atoms with Crippen molar-refractivity contribution in [3.63, 3.8) is 0 Å². The van der Waals surface area contributed by atoms with Gasteiger partial charge in [0.2, 0.25) is 6.08 Å². The van der Waals surface area contributed by atoms with Gasteiger partial charge >= 0.3 is 0 Å².